The summed E-state index contributed by atoms with van der Waals surface area (Å²) in [6.07, 6.45) is 5.73. The number of rotatable bonds is 5. The van der Waals surface area contributed by atoms with E-state index in [-0.39, 0.29) is 11.9 Å². The molecule has 9 heteroatoms. The number of benzene rings is 1. The molecule has 31 heavy (non-hydrogen) atoms. The molecule has 0 unspecified atom stereocenters. The average Bonchev–Trinajstić information content (AvgIpc) is 3.31. The van der Waals surface area contributed by atoms with E-state index in [4.69, 9.17) is 28.9 Å². The number of nitrogen functional groups attached to an aromatic ring is 1. The Hall–Kier alpha value is -2.61. The van der Waals surface area contributed by atoms with E-state index in [1.807, 2.05) is 58.8 Å². The highest BCUT2D eigenvalue weighted by Crippen LogP contribution is 2.42. The number of carbonyl (C=O) groups is 1. The number of hydrogen-bond donors (Lipinski definition) is 1. The van der Waals surface area contributed by atoms with Gasteiger partial charge in [0.05, 0.1) is 11.4 Å². The summed E-state index contributed by atoms with van der Waals surface area (Å²) in [4.78, 5) is 25.1. The first-order chi connectivity index (χ1) is 14.9. The first kappa shape index (κ1) is 21.6. The molecule has 1 fully saturated rings. The van der Waals surface area contributed by atoms with Crippen LogP contribution in [0.4, 0.5) is 5.82 Å². The van der Waals surface area contributed by atoms with Gasteiger partial charge in [-0.15, -0.1) is 0 Å². The van der Waals surface area contributed by atoms with E-state index in [1.165, 1.54) is 6.33 Å². The number of likely N-dealkylation sites (tertiary alicyclic amines) is 1. The molecule has 1 amide bonds. The van der Waals surface area contributed by atoms with Gasteiger partial charge < -0.3 is 20.1 Å². The van der Waals surface area contributed by atoms with Crippen LogP contribution < -0.4 is 5.73 Å². The average molecular weight is 459 g/mol. The van der Waals surface area contributed by atoms with Gasteiger partial charge in [-0.25, -0.2) is 9.97 Å². The lowest BCUT2D eigenvalue weighted by Gasteiger charge is -2.17. The van der Waals surface area contributed by atoms with Gasteiger partial charge in [-0.2, -0.15) is 0 Å². The molecule has 1 aromatic carbocycles. The van der Waals surface area contributed by atoms with Gasteiger partial charge in [-0.05, 0) is 38.2 Å². The van der Waals surface area contributed by atoms with E-state index in [9.17, 15) is 4.79 Å². The fraction of sp³-hybridized carbons (Fsp3) is 0.318. The monoisotopic (exact) mass is 458 g/mol. The largest absolute Gasteiger partial charge is 0.383 e. The number of amides is 1. The molecule has 0 saturated carbocycles. The van der Waals surface area contributed by atoms with Gasteiger partial charge >= 0.3 is 0 Å². The lowest BCUT2D eigenvalue weighted by molar-refractivity contribution is -0.125. The third-order valence-corrected chi connectivity index (χ3v) is 6.08. The van der Waals surface area contributed by atoms with Gasteiger partial charge in [0.2, 0.25) is 5.91 Å². The van der Waals surface area contributed by atoms with E-state index in [2.05, 4.69) is 9.97 Å². The molecule has 2 aromatic heterocycles. The van der Waals surface area contributed by atoms with Crippen molar-refractivity contribution < 1.29 is 4.79 Å². The van der Waals surface area contributed by atoms with Gasteiger partial charge in [-0.3, -0.25) is 4.79 Å². The van der Waals surface area contributed by atoms with Crippen molar-refractivity contribution in [3.63, 3.8) is 0 Å². The molecule has 0 spiro atoms. The zero-order valence-corrected chi connectivity index (χ0v) is 18.9. The van der Waals surface area contributed by atoms with Crippen LogP contribution in [0.5, 0.6) is 0 Å². The Morgan fingerprint density at radius 1 is 1.26 bits per heavy atom. The summed E-state index contributed by atoms with van der Waals surface area (Å²) in [6.45, 7) is 1.93. The molecule has 3 aromatic rings. The molecule has 4 rings (SSSR count). The third kappa shape index (κ3) is 4.26. The lowest BCUT2D eigenvalue weighted by atomic mass is 10.1. The Bertz CT molecular complexity index is 1140. The van der Waals surface area contributed by atoms with Crippen molar-refractivity contribution in [2.75, 3.05) is 39.5 Å². The summed E-state index contributed by atoms with van der Waals surface area (Å²) in [7, 11) is 3.93. The number of nitrogens with zero attached hydrogens (tertiary/aromatic N) is 5. The quantitative estimate of drug-likeness (QED) is 0.586. The van der Waals surface area contributed by atoms with Crippen LogP contribution in [0, 0.1) is 0 Å². The molecule has 162 valence electrons. The van der Waals surface area contributed by atoms with Crippen LogP contribution in [0.3, 0.4) is 0 Å². The maximum absolute atomic E-state index is 12.6. The van der Waals surface area contributed by atoms with Crippen molar-refractivity contribution in [2.45, 2.75) is 12.5 Å². The molecular weight excluding hydrogens is 435 g/mol. The highest BCUT2D eigenvalue weighted by molar-refractivity contribution is 6.35. The summed E-state index contributed by atoms with van der Waals surface area (Å²) in [6, 6.07) is 7.43. The third-order valence-electron chi connectivity index (χ3n) is 5.46. The molecule has 3 heterocycles. The number of anilines is 1. The molecule has 0 aliphatic carbocycles. The van der Waals surface area contributed by atoms with Crippen LogP contribution in [0.15, 0.2) is 42.7 Å². The number of fused-ring (bicyclic) bond motifs is 1. The zero-order valence-electron chi connectivity index (χ0n) is 17.4. The van der Waals surface area contributed by atoms with Crippen LogP contribution in [-0.2, 0) is 4.79 Å². The Kier molecular flexibility index (Phi) is 6.18. The lowest BCUT2D eigenvalue weighted by Crippen LogP contribution is -2.27. The van der Waals surface area contributed by atoms with E-state index < -0.39 is 0 Å². The maximum Gasteiger partial charge on any atom is 0.246 e. The van der Waals surface area contributed by atoms with E-state index >= 15 is 0 Å². The van der Waals surface area contributed by atoms with Gasteiger partial charge in [0.1, 0.15) is 22.9 Å². The van der Waals surface area contributed by atoms with Crippen molar-refractivity contribution in [2.24, 2.45) is 0 Å². The number of aromatic nitrogens is 3. The molecule has 0 radical (unpaired) electrons. The number of carbonyl (C=O) groups excluding carboxylic acids is 1. The first-order valence-electron chi connectivity index (χ1n) is 10.0. The molecule has 1 aliphatic rings. The molecular formula is C22H24Cl2N6O. The fourth-order valence-electron chi connectivity index (χ4n) is 3.96. The minimum Gasteiger partial charge on any atom is -0.383 e. The number of likely N-dealkylation sites (N-methyl/N-ethyl adjacent to an activating group) is 1. The van der Waals surface area contributed by atoms with Crippen molar-refractivity contribution in [1.29, 1.82) is 0 Å². The summed E-state index contributed by atoms with van der Waals surface area (Å²) in [5, 5.41) is 1.89. The Labute approximate surface area is 191 Å². The van der Waals surface area contributed by atoms with Crippen molar-refractivity contribution in [1.82, 2.24) is 24.3 Å². The standard InChI is InChI=1S/C22H24Cl2N6O/c1-28(2)10-3-4-17(31)29-11-9-16(12-29)30-20(24)18(14-5-7-15(23)8-6-14)19-21(25)26-13-27-22(19)30/h3-8,13,16H,9-12H2,1-2H3,(H2,25,26,27)/b4-3+/t16-/m1/s1. The summed E-state index contributed by atoms with van der Waals surface area (Å²) in [5.41, 5.74) is 8.57. The smallest absolute Gasteiger partial charge is 0.246 e. The predicted octanol–water partition coefficient (Wildman–Crippen LogP) is 3.88. The van der Waals surface area contributed by atoms with Crippen molar-refractivity contribution in [3.05, 3.63) is 52.9 Å². The highest BCUT2D eigenvalue weighted by Gasteiger charge is 2.31. The van der Waals surface area contributed by atoms with E-state index in [1.54, 1.807) is 6.08 Å². The van der Waals surface area contributed by atoms with Crippen LogP contribution in [0.2, 0.25) is 10.2 Å². The number of halogens is 2. The SMILES string of the molecule is CN(C)C/C=C/C(=O)N1CC[C@@H](n2c(Cl)c(-c3ccc(Cl)cc3)c3c(N)ncnc32)C1. The van der Waals surface area contributed by atoms with Crippen LogP contribution >= 0.6 is 23.2 Å². The molecule has 7 nitrogen and oxygen atoms in total. The van der Waals surface area contributed by atoms with Crippen LogP contribution in [0.25, 0.3) is 22.2 Å². The molecule has 0 bridgehead atoms. The Morgan fingerprint density at radius 2 is 2.00 bits per heavy atom. The Balaban J connectivity index is 1.70. The Morgan fingerprint density at radius 3 is 2.71 bits per heavy atom. The topological polar surface area (TPSA) is 80.3 Å². The highest BCUT2D eigenvalue weighted by atomic mass is 35.5. The normalized spacial score (nSPS) is 16.8. The second-order valence-electron chi connectivity index (χ2n) is 7.89. The zero-order chi connectivity index (χ0) is 22.1. The molecule has 1 saturated heterocycles. The second-order valence-corrected chi connectivity index (χ2v) is 8.69. The summed E-state index contributed by atoms with van der Waals surface area (Å²) < 4.78 is 1.98. The minimum atomic E-state index is -0.00320. The minimum absolute atomic E-state index is 0.00320. The maximum atomic E-state index is 12.6. The fourth-order valence-corrected chi connectivity index (χ4v) is 4.51. The second kappa shape index (κ2) is 8.86. The first-order valence-corrected chi connectivity index (χ1v) is 10.8. The summed E-state index contributed by atoms with van der Waals surface area (Å²) in [5.74, 6) is 0.372. The summed E-state index contributed by atoms with van der Waals surface area (Å²) >= 11 is 13.0. The van der Waals surface area contributed by atoms with Gasteiger partial charge in [-0.1, -0.05) is 41.4 Å². The van der Waals surface area contributed by atoms with E-state index in [0.29, 0.717) is 40.1 Å². The van der Waals surface area contributed by atoms with Crippen molar-refractivity contribution >= 4 is 46.0 Å². The van der Waals surface area contributed by atoms with Crippen molar-refractivity contribution in [3.8, 4) is 11.1 Å². The molecule has 1 atom stereocenters. The van der Waals surface area contributed by atoms with Gasteiger partial charge in [0.25, 0.3) is 0 Å². The molecule has 2 N–H and O–H groups in total. The number of nitrogens with two attached hydrogens (primary N) is 1. The molecule has 1 aliphatic heterocycles. The van der Waals surface area contributed by atoms with Gasteiger partial charge in [0.15, 0.2) is 0 Å². The van der Waals surface area contributed by atoms with Gasteiger partial charge in [0, 0.05) is 36.3 Å². The predicted molar refractivity (Wildman–Crippen MR) is 125 cm³/mol. The van der Waals surface area contributed by atoms with Crippen LogP contribution in [0.1, 0.15) is 12.5 Å². The van der Waals surface area contributed by atoms with Crippen LogP contribution in [-0.4, -0.2) is 64.0 Å². The van der Waals surface area contributed by atoms with E-state index in [0.717, 1.165) is 24.1 Å². The number of hydrogen-bond acceptors (Lipinski definition) is 5.